The predicted octanol–water partition coefficient (Wildman–Crippen LogP) is 1.19. The molecule has 3 rings (SSSR count). The molecule has 0 spiro atoms. The van der Waals surface area contributed by atoms with Gasteiger partial charge in [-0.2, -0.15) is 5.10 Å². The molecule has 1 saturated heterocycles. The summed E-state index contributed by atoms with van der Waals surface area (Å²) in [6.07, 6.45) is 7.72. The van der Waals surface area contributed by atoms with Crippen molar-refractivity contribution in [2.45, 2.75) is 19.6 Å². The fourth-order valence-corrected chi connectivity index (χ4v) is 2.91. The minimum absolute atomic E-state index is 0. The zero-order valence-corrected chi connectivity index (χ0v) is 17.3. The number of morpholine rings is 1. The van der Waals surface area contributed by atoms with Crippen molar-refractivity contribution in [3.8, 4) is 0 Å². The van der Waals surface area contributed by atoms with Crippen LogP contribution in [0, 0.1) is 6.92 Å². The van der Waals surface area contributed by atoms with Gasteiger partial charge in [-0.3, -0.25) is 9.67 Å². The lowest BCUT2D eigenvalue weighted by Gasteiger charge is -2.34. The van der Waals surface area contributed by atoms with Gasteiger partial charge in [0, 0.05) is 57.9 Å². The van der Waals surface area contributed by atoms with Gasteiger partial charge in [-0.15, -0.1) is 24.0 Å². The van der Waals surface area contributed by atoms with Gasteiger partial charge in [0.25, 0.3) is 0 Å². The van der Waals surface area contributed by atoms with E-state index in [1.807, 2.05) is 45.8 Å². The lowest BCUT2D eigenvalue weighted by molar-refractivity contribution is -0.00802. The molecule has 3 heterocycles. The molecule has 0 saturated carbocycles. The SMILES string of the molecule is CN=C(NCCn1ccnc1C)N1CCOC(c2cnn(C)c2)C1.I. The van der Waals surface area contributed by atoms with Gasteiger partial charge < -0.3 is 19.5 Å². The van der Waals surface area contributed by atoms with Crippen LogP contribution >= 0.6 is 24.0 Å². The number of guanidine groups is 1. The van der Waals surface area contributed by atoms with Crippen LogP contribution in [0.5, 0.6) is 0 Å². The Morgan fingerprint density at radius 1 is 1.48 bits per heavy atom. The largest absolute Gasteiger partial charge is 0.370 e. The zero-order valence-electron chi connectivity index (χ0n) is 14.9. The Kier molecular flexibility index (Phi) is 7.24. The Hall–Kier alpha value is -1.62. The van der Waals surface area contributed by atoms with E-state index in [4.69, 9.17) is 4.74 Å². The molecule has 0 amide bonds. The summed E-state index contributed by atoms with van der Waals surface area (Å²) in [6.45, 7) is 5.96. The van der Waals surface area contributed by atoms with Gasteiger partial charge in [0.2, 0.25) is 0 Å². The minimum Gasteiger partial charge on any atom is -0.370 e. The number of aromatic nitrogens is 4. The first-order valence-electron chi connectivity index (χ1n) is 8.21. The highest BCUT2D eigenvalue weighted by Gasteiger charge is 2.24. The number of nitrogens with one attached hydrogen (secondary N) is 1. The molecule has 1 unspecified atom stereocenters. The Balaban J connectivity index is 0.00000225. The summed E-state index contributed by atoms with van der Waals surface area (Å²) in [6, 6.07) is 0. The van der Waals surface area contributed by atoms with Crippen LogP contribution < -0.4 is 5.32 Å². The number of aliphatic imine (C=N–C) groups is 1. The summed E-state index contributed by atoms with van der Waals surface area (Å²) in [5.41, 5.74) is 1.10. The highest BCUT2D eigenvalue weighted by Crippen LogP contribution is 2.21. The molecule has 1 fully saturated rings. The summed E-state index contributed by atoms with van der Waals surface area (Å²) in [4.78, 5) is 10.9. The fraction of sp³-hybridized carbons (Fsp3) is 0.562. The molecule has 0 aliphatic carbocycles. The van der Waals surface area contributed by atoms with E-state index in [1.54, 1.807) is 4.68 Å². The van der Waals surface area contributed by atoms with E-state index in [0.717, 1.165) is 43.5 Å². The lowest BCUT2D eigenvalue weighted by atomic mass is 10.1. The Labute approximate surface area is 165 Å². The van der Waals surface area contributed by atoms with Gasteiger partial charge in [0.15, 0.2) is 5.96 Å². The third-order valence-electron chi connectivity index (χ3n) is 4.23. The second-order valence-electron chi connectivity index (χ2n) is 5.89. The van der Waals surface area contributed by atoms with E-state index >= 15 is 0 Å². The van der Waals surface area contributed by atoms with Crippen molar-refractivity contribution in [3.05, 3.63) is 36.2 Å². The monoisotopic (exact) mass is 459 g/mol. The van der Waals surface area contributed by atoms with Crippen LogP contribution in [0.1, 0.15) is 17.5 Å². The van der Waals surface area contributed by atoms with Gasteiger partial charge in [0.05, 0.1) is 19.3 Å². The van der Waals surface area contributed by atoms with Gasteiger partial charge in [0.1, 0.15) is 11.9 Å². The third kappa shape index (κ3) is 4.94. The Morgan fingerprint density at radius 3 is 2.96 bits per heavy atom. The van der Waals surface area contributed by atoms with Crippen LogP contribution in [-0.2, 0) is 18.3 Å². The highest BCUT2D eigenvalue weighted by molar-refractivity contribution is 14.0. The number of aryl methyl sites for hydroxylation is 2. The first-order chi connectivity index (χ1) is 11.7. The lowest BCUT2D eigenvalue weighted by Crippen LogP contribution is -2.48. The van der Waals surface area contributed by atoms with Crippen LogP contribution in [0.4, 0.5) is 0 Å². The average Bonchev–Trinajstić information content (AvgIpc) is 3.20. The number of hydrogen-bond donors (Lipinski definition) is 1. The van der Waals surface area contributed by atoms with Crippen molar-refractivity contribution >= 4 is 29.9 Å². The van der Waals surface area contributed by atoms with Crippen LogP contribution in [0.3, 0.4) is 0 Å². The van der Waals surface area contributed by atoms with Crippen molar-refractivity contribution in [2.24, 2.45) is 12.0 Å². The molecule has 138 valence electrons. The maximum atomic E-state index is 5.89. The number of nitrogens with zero attached hydrogens (tertiary/aromatic N) is 6. The Morgan fingerprint density at radius 2 is 2.32 bits per heavy atom. The minimum atomic E-state index is 0. The van der Waals surface area contributed by atoms with Crippen molar-refractivity contribution in [2.75, 3.05) is 33.3 Å². The molecule has 1 N–H and O–H groups in total. The quantitative estimate of drug-likeness (QED) is 0.423. The molecule has 1 aliphatic rings. The number of hydrogen-bond acceptors (Lipinski definition) is 4. The highest BCUT2D eigenvalue weighted by atomic mass is 127. The van der Waals surface area contributed by atoms with Crippen molar-refractivity contribution < 1.29 is 4.74 Å². The molecular weight excluding hydrogens is 433 g/mol. The van der Waals surface area contributed by atoms with Crippen molar-refractivity contribution in [1.82, 2.24) is 29.5 Å². The molecule has 1 aliphatic heterocycles. The van der Waals surface area contributed by atoms with Gasteiger partial charge in [-0.25, -0.2) is 4.98 Å². The van der Waals surface area contributed by atoms with Gasteiger partial charge >= 0.3 is 0 Å². The van der Waals surface area contributed by atoms with E-state index < -0.39 is 0 Å². The first kappa shape index (κ1) is 19.7. The Bertz CT molecular complexity index is 696. The topological polar surface area (TPSA) is 72.5 Å². The molecule has 25 heavy (non-hydrogen) atoms. The van der Waals surface area contributed by atoms with Crippen LogP contribution in [0.15, 0.2) is 29.8 Å². The molecule has 2 aromatic rings. The van der Waals surface area contributed by atoms with E-state index in [-0.39, 0.29) is 30.1 Å². The first-order valence-corrected chi connectivity index (χ1v) is 8.21. The van der Waals surface area contributed by atoms with Crippen LogP contribution in [0.2, 0.25) is 0 Å². The smallest absolute Gasteiger partial charge is 0.193 e. The van der Waals surface area contributed by atoms with E-state index in [2.05, 4.69) is 29.9 Å². The molecule has 8 nitrogen and oxygen atoms in total. The van der Waals surface area contributed by atoms with E-state index in [9.17, 15) is 0 Å². The maximum Gasteiger partial charge on any atom is 0.193 e. The van der Waals surface area contributed by atoms with Crippen molar-refractivity contribution in [3.63, 3.8) is 0 Å². The molecule has 2 aromatic heterocycles. The molecule has 1 atom stereocenters. The number of imidazole rings is 1. The van der Waals surface area contributed by atoms with E-state index in [1.165, 1.54) is 0 Å². The van der Waals surface area contributed by atoms with Gasteiger partial charge in [-0.1, -0.05) is 0 Å². The van der Waals surface area contributed by atoms with Crippen molar-refractivity contribution in [1.29, 1.82) is 0 Å². The molecular formula is C16H26IN7O. The van der Waals surface area contributed by atoms with Crippen LogP contribution in [-0.4, -0.2) is 63.5 Å². The average molecular weight is 459 g/mol. The molecule has 0 bridgehead atoms. The standard InChI is InChI=1S/C16H25N7O.HI/c1-13-18-4-6-22(13)7-5-19-16(17-2)23-8-9-24-15(12-23)14-10-20-21(3)11-14;/h4,6,10-11,15H,5,7-9,12H2,1-3H3,(H,17,19);1H. The molecule has 0 aromatic carbocycles. The molecule has 9 heteroatoms. The summed E-state index contributed by atoms with van der Waals surface area (Å²) in [7, 11) is 3.74. The van der Waals surface area contributed by atoms with E-state index in [0.29, 0.717) is 6.61 Å². The summed E-state index contributed by atoms with van der Waals surface area (Å²) < 4.78 is 9.82. The van der Waals surface area contributed by atoms with Crippen LogP contribution in [0.25, 0.3) is 0 Å². The second-order valence-corrected chi connectivity index (χ2v) is 5.89. The predicted molar refractivity (Wildman–Crippen MR) is 107 cm³/mol. The summed E-state index contributed by atoms with van der Waals surface area (Å²) >= 11 is 0. The summed E-state index contributed by atoms with van der Waals surface area (Å²) in [5.74, 6) is 1.93. The number of halogens is 1. The summed E-state index contributed by atoms with van der Waals surface area (Å²) in [5, 5.41) is 7.66. The second kappa shape index (κ2) is 9.18. The molecule has 0 radical (unpaired) electrons. The fourth-order valence-electron chi connectivity index (χ4n) is 2.91. The third-order valence-corrected chi connectivity index (χ3v) is 4.23. The van der Waals surface area contributed by atoms with Gasteiger partial charge in [-0.05, 0) is 6.92 Å². The normalized spacial score (nSPS) is 18.1. The maximum absolute atomic E-state index is 5.89. The number of rotatable bonds is 4. The zero-order chi connectivity index (χ0) is 16.9. The number of ether oxygens (including phenoxy) is 1.